The predicted molar refractivity (Wildman–Crippen MR) is 79.5 cm³/mol. The molecule has 21 heavy (non-hydrogen) atoms. The Morgan fingerprint density at radius 3 is 2.19 bits per heavy atom. The van der Waals surface area contributed by atoms with Crippen LogP contribution < -0.4 is 5.32 Å². The normalized spacial score (nSPS) is 15.3. The summed E-state index contributed by atoms with van der Waals surface area (Å²) in [6.45, 7) is 8.22. The van der Waals surface area contributed by atoms with Crippen molar-refractivity contribution in [2.24, 2.45) is 0 Å². The number of hydrogen-bond acceptors (Lipinski definition) is 3. The highest BCUT2D eigenvalue weighted by Crippen LogP contribution is 2.22. The number of alkyl carbamates (subject to hydrolysis) is 1. The molecule has 114 valence electrons. The van der Waals surface area contributed by atoms with Gasteiger partial charge in [0.25, 0.3) is 0 Å². The van der Waals surface area contributed by atoms with E-state index in [9.17, 15) is 9.59 Å². The largest absolute Gasteiger partial charge is 0.444 e. The molecule has 0 radical (unpaired) electrons. The first kappa shape index (κ1) is 15.4. The fraction of sp³-hybridized carbons (Fsp3) is 0.500. The summed E-state index contributed by atoms with van der Waals surface area (Å²) in [6.07, 6.45) is -0.569. The Balaban J connectivity index is 1.91. The first-order valence-electron chi connectivity index (χ1n) is 7.11. The van der Waals surface area contributed by atoms with Crippen LogP contribution in [0.3, 0.4) is 0 Å². The molecule has 2 rings (SSSR count). The molecular formula is C16H22N2O3. The summed E-state index contributed by atoms with van der Waals surface area (Å²) in [7, 11) is 0. The van der Waals surface area contributed by atoms with Crippen molar-refractivity contribution in [3.63, 3.8) is 0 Å². The molecule has 1 aromatic rings. The Kier molecular flexibility index (Phi) is 4.21. The Bertz CT molecular complexity index is 524. The number of nitrogens with one attached hydrogen (secondary N) is 1. The molecule has 0 fully saturated rings. The third-order valence-corrected chi connectivity index (χ3v) is 3.26. The van der Waals surface area contributed by atoms with E-state index in [1.165, 1.54) is 0 Å². The summed E-state index contributed by atoms with van der Waals surface area (Å²) in [4.78, 5) is 25.8. The topological polar surface area (TPSA) is 58.6 Å². The van der Waals surface area contributed by atoms with Crippen molar-refractivity contribution in [2.75, 3.05) is 0 Å². The molecular weight excluding hydrogens is 268 g/mol. The van der Waals surface area contributed by atoms with Crippen LogP contribution in [0.15, 0.2) is 24.3 Å². The molecule has 0 aromatic heterocycles. The standard InChI is InChI=1S/C16H22N2O3/c1-11(17-15(20)21-16(2,3)4)14(19)18-9-12-7-5-6-8-13(12)10-18/h5-8,11H,9-10H2,1-4H3,(H,17,20)/t11-/m1/s1. The summed E-state index contributed by atoms with van der Waals surface area (Å²) in [5, 5.41) is 2.59. The molecule has 1 aliphatic heterocycles. The first-order chi connectivity index (χ1) is 9.76. The minimum absolute atomic E-state index is 0.0999. The number of nitrogens with zero attached hydrogens (tertiary/aromatic N) is 1. The maximum atomic E-state index is 12.4. The van der Waals surface area contributed by atoms with Gasteiger partial charge in [-0.2, -0.15) is 0 Å². The third-order valence-electron chi connectivity index (χ3n) is 3.26. The molecule has 5 heteroatoms. The number of benzene rings is 1. The summed E-state index contributed by atoms with van der Waals surface area (Å²) in [5.74, 6) is -0.0999. The molecule has 5 nitrogen and oxygen atoms in total. The van der Waals surface area contributed by atoms with Crippen LogP contribution in [0.5, 0.6) is 0 Å². The number of carbonyl (C=O) groups excluding carboxylic acids is 2. The van der Waals surface area contributed by atoms with Crippen LogP contribution in [0.25, 0.3) is 0 Å². The van der Waals surface area contributed by atoms with E-state index in [0.29, 0.717) is 13.1 Å². The number of ether oxygens (including phenoxy) is 1. The van der Waals surface area contributed by atoms with Crippen molar-refractivity contribution in [1.82, 2.24) is 10.2 Å². The van der Waals surface area contributed by atoms with Crippen molar-refractivity contribution in [3.05, 3.63) is 35.4 Å². The Labute approximate surface area is 125 Å². The highest BCUT2D eigenvalue weighted by Gasteiger charge is 2.28. The van der Waals surface area contributed by atoms with Crippen LogP contribution >= 0.6 is 0 Å². The SMILES string of the molecule is C[C@@H](NC(=O)OC(C)(C)C)C(=O)N1Cc2ccccc2C1. The Morgan fingerprint density at radius 2 is 1.71 bits per heavy atom. The summed E-state index contributed by atoms with van der Waals surface area (Å²) < 4.78 is 5.16. The van der Waals surface area contributed by atoms with Crippen LogP contribution in [0.2, 0.25) is 0 Å². The highest BCUT2D eigenvalue weighted by atomic mass is 16.6. The van der Waals surface area contributed by atoms with Crippen LogP contribution in [0.4, 0.5) is 4.79 Å². The fourth-order valence-corrected chi connectivity index (χ4v) is 2.31. The van der Waals surface area contributed by atoms with Crippen molar-refractivity contribution < 1.29 is 14.3 Å². The number of hydrogen-bond donors (Lipinski definition) is 1. The molecule has 1 atom stereocenters. The van der Waals surface area contributed by atoms with Crippen molar-refractivity contribution in [3.8, 4) is 0 Å². The minimum atomic E-state index is -0.603. The van der Waals surface area contributed by atoms with Gasteiger partial charge in [0, 0.05) is 13.1 Å². The monoisotopic (exact) mass is 290 g/mol. The molecule has 1 aliphatic rings. The Hall–Kier alpha value is -2.04. The molecule has 2 amide bonds. The zero-order chi connectivity index (χ0) is 15.6. The van der Waals surface area contributed by atoms with Gasteiger partial charge in [0.05, 0.1) is 0 Å². The molecule has 0 spiro atoms. The molecule has 0 aliphatic carbocycles. The maximum Gasteiger partial charge on any atom is 0.408 e. The second kappa shape index (κ2) is 5.76. The zero-order valence-electron chi connectivity index (χ0n) is 13.0. The van der Waals surface area contributed by atoms with Crippen LogP contribution in [-0.4, -0.2) is 28.5 Å². The zero-order valence-corrected chi connectivity index (χ0v) is 13.0. The van der Waals surface area contributed by atoms with Gasteiger partial charge in [0.2, 0.25) is 5.91 Å². The molecule has 0 saturated heterocycles. The molecule has 1 heterocycles. The molecule has 0 bridgehead atoms. The van der Waals surface area contributed by atoms with Crippen molar-refractivity contribution in [1.29, 1.82) is 0 Å². The number of carbonyl (C=O) groups is 2. The maximum absolute atomic E-state index is 12.4. The van der Waals surface area contributed by atoms with E-state index in [2.05, 4.69) is 5.32 Å². The third kappa shape index (κ3) is 3.97. The van der Waals surface area contributed by atoms with E-state index >= 15 is 0 Å². The van der Waals surface area contributed by atoms with E-state index in [4.69, 9.17) is 4.74 Å². The second-order valence-corrected chi connectivity index (χ2v) is 6.33. The van der Waals surface area contributed by atoms with E-state index in [-0.39, 0.29) is 5.91 Å². The van der Waals surface area contributed by atoms with Crippen LogP contribution in [-0.2, 0) is 22.6 Å². The number of amides is 2. The Morgan fingerprint density at radius 1 is 1.19 bits per heavy atom. The van der Waals surface area contributed by atoms with Gasteiger partial charge in [-0.3, -0.25) is 4.79 Å². The minimum Gasteiger partial charge on any atom is -0.444 e. The van der Waals surface area contributed by atoms with E-state index in [1.807, 2.05) is 24.3 Å². The molecule has 0 saturated carbocycles. The van der Waals surface area contributed by atoms with Gasteiger partial charge in [-0.1, -0.05) is 24.3 Å². The van der Waals surface area contributed by atoms with Gasteiger partial charge in [0.15, 0.2) is 0 Å². The lowest BCUT2D eigenvalue weighted by Gasteiger charge is -2.24. The molecule has 1 N–H and O–H groups in total. The van der Waals surface area contributed by atoms with Crippen LogP contribution in [0, 0.1) is 0 Å². The fourth-order valence-electron chi connectivity index (χ4n) is 2.31. The first-order valence-corrected chi connectivity index (χ1v) is 7.11. The summed E-state index contributed by atoms with van der Waals surface area (Å²) in [6, 6.07) is 7.38. The average molecular weight is 290 g/mol. The van der Waals surface area contributed by atoms with Gasteiger partial charge in [-0.25, -0.2) is 4.79 Å². The van der Waals surface area contributed by atoms with Gasteiger partial charge in [-0.05, 0) is 38.8 Å². The highest BCUT2D eigenvalue weighted by molar-refractivity contribution is 5.85. The summed E-state index contributed by atoms with van der Waals surface area (Å²) in [5.41, 5.74) is 1.75. The van der Waals surface area contributed by atoms with Gasteiger partial charge in [-0.15, -0.1) is 0 Å². The summed E-state index contributed by atoms with van der Waals surface area (Å²) >= 11 is 0. The van der Waals surface area contributed by atoms with E-state index in [0.717, 1.165) is 11.1 Å². The van der Waals surface area contributed by atoms with E-state index in [1.54, 1.807) is 32.6 Å². The van der Waals surface area contributed by atoms with Crippen LogP contribution in [0.1, 0.15) is 38.8 Å². The van der Waals surface area contributed by atoms with Crippen molar-refractivity contribution >= 4 is 12.0 Å². The molecule has 0 unspecified atom stereocenters. The predicted octanol–water partition coefficient (Wildman–Crippen LogP) is 2.44. The smallest absolute Gasteiger partial charge is 0.408 e. The van der Waals surface area contributed by atoms with Gasteiger partial charge in [0.1, 0.15) is 11.6 Å². The van der Waals surface area contributed by atoms with Gasteiger partial charge < -0.3 is 15.0 Å². The van der Waals surface area contributed by atoms with E-state index < -0.39 is 17.7 Å². The second-order valence-electron chi connectivity index (χ2n) is 6.33. The average Bonchev–Trinajstić information content (AvgIpc) is 2.78. The van der Waals surface area contributed by atoms with Crippen molar-refractivity contribution in [2.45, 2.75) is 52.4 Å². The number of fused-ring (bicyclic) bond motifs is 1. The lowest BCUT2D eigenvalue weighted by atomic mass is 10.1. The lowest BCUT2D eigenvalue weighted by Crippen LogP contribution is -2.46. The molecule has 1 aromatic carbocycles. The quantitative estimate of drug-likeness (QED) is 0.910. The number of rotatable bonds is 2. The van der Waals surface area contributed by atoms with Gasteiger partial charge >= 0.3 is 6.09 Å². The lowest BCUT2D eigenvalue weighted by molar-refractivity contribution is -0.133.